The van der Waals surface area contributed by atoms with Gasteiger partial charge in [0.05, 0.1) is 41.7 Å². The van der Waals surface area contributed by atoms with Gasteiger partial charge in [-0.3, -0.25) is 0 Å². The van der Waals surface area contributed by atoms with Crippen LogP contribution in [-0.4, -0.2) is 124 Å². The van der Waals surface area contributed by atoms with Crippen LogP contribution < -0.4 is 28.7 Å². The van der Waals surface area contributed by atoms with E-state index < -0.39 is 79.5 Å². The number of thioether (sulfide) groups is 2. The molecule has 0 spiro atoms. The third-order valence-electron chi connectivity index (χ3n) is 9.43. The van der Waals surface area contributed by atoms with Crippen molar-refractivity contribution in [2.75, 3.05) is 23.8 Å². The van der Waals surface area contributed by atoms with Crippen LogP contribution in [0.25, 0.3) is 0 Å². The quantitative estimate of drug-likeness (QED) is 0.0836. The van der Waals surface area contributed by atoms with Crippen LogP contribution in [0.5, 0.6) is 0 Å². The molecule has 272 valence electrons. The van der Waals surface area contributed by atoms with Gasteiger partial charge in [0.1, 0.15) is 18.3 Å². The highest BCUT2D eigenvalue weighted by Crippen LogP contribution is 2.35. The van der Waals surface area contributed by atoms with Crippen molar-refractivity contribution in [2.45, 2.75) is 176 Å². The Morgan fingerprint density at radius 2 is 1.24 bits per heavy atom. The number of rotatable bonds is 20. The fraction of sp³-hybridized carbons (Fsp3) is 1.00. The van der Waals surface area contributed by atoms with E-state index in [1.165, 1.54) is 44.9 Å². The van der Waals surface area contributed by atoms with E-state index in [0.29, 0.717) is 12.2 Å². The molecule has 0 aromatic carbocycles. The summed E-state index contributed by atoms with van der Waals surface area (Å²) in [4.78, 5) is 0. The van der Waals surface area contributed by atoms with E-state index in [2.05, 4.69) is 13.8 Å². The molecular formula is C32H65N5O7S2. The molecule has 0 radical (unpaired) electrons. The molecule has 1 saturated carbocycles. The van der Waals surface area contributed by atoms with E-state index in [-0.39, 0.29) is 18.2 Å². The van der Waals surface area contributed by atoms with Gasteiger partial charge in [-0.1, -0.05) is 65.2 Å². The number of nitrogens with two attached hydrogens (primary N) is 5. The molecule has 0 aromatic heterocycles. The lowest BCUT2D eigenvalue weighted by Crippen LogP contribution is -2.68. The molecule has 0 bridgehead atoms. The Hall–Kier alpha value is 0.220. The minimum absolute atomic E-state index is 0.0998. The van der Waals surface area contributed by atoms with Gasteiger partial charge in [0.25, 0.3) is 0 Å². The maximum atomic E-state index is 11.5. The zero-order valence-corrected chi connectivity index (χ0v) is 29.7. The fourth-order valence-corrected chi connectivity index (χ4v) is 8.99. The Kier molecular flexibility index (Phi) is 18.9. The lowest BCUT2D eigenvalue weighted by Gasteiger charge is -2.48. The smallest absolute Gasteiger partial charge is 0.174 e. The van der Waals surface area contributed by atoms with Crippen molar-refractivity contribution in [3.63, 3.8) is 0 Å². The van der Waals surface area contributed by atoms with E-state index in [9.17, 15) is 15.3 Å². The zero-order chi connectivity index (χ0) is 33.6. The van der Waals surface area contributed by atoms with E-state index in [4.69, 9.17) is 47.6 Å². The Balaban J connectivity index is 1.67. The van der Waals surface area contributed by atoms with Gasteiger partial charge in [0, 0.05) is 24.4 Å². The fourth-order valence-electron chi connectivity index (χ4n) is 6.54. The van der Waals surface area contributed by atoms with Gasteiger partial charge in [-0.15, -0.1) is 0 Å². The monoisotopic (exact) mass is 695 g/mol. The van der Waals surface area contributed by atoms with E-state index in [0.717, 1.165) is 30.8 Å². The highest BCUT2D eigenvalue weighted by atomic mass is 32.2. The molecule has 0 unspecified atom stereocenters. The van der Waals surface area contributed by atoms with Gasteiger partial charge in [0.15, 0.2) is 12.6 Å². The van der Waals surface area contributed by atoms with E-state index in [1.807, 2.05) is 0 Å². The number of aliphatic hydroxyl groups excluding tert-OH is 3. The van der Waals surface area contributed by atoms with Crippen LogP contribution in [-0.2, 0) is 18.9 Å². The molecule has 3 aliphatic rings. The molecule has 2 aliphatic heterocycles. The molecule has 3 rings (SSSR count). The second-order valence-electron chi connectivity index (χ2n) is 13.4. The van der Waals surface area contributed by atoms with Crippen LogP contribution in [0, 0.1) is 0 Å². The lowest BCUT2D eigenvalue weighted by molar-refractivity contribution is -0.292. The van der Waals surface area contributed by atoms with Gasteiger partial charge < -0.3 is 62.9 Å². The predicted octanol–water partition coefficient (Wildman–Crippen LogP) is 1.13. The average molecular weight is 696 g/mol. The highest BCUT2D eigenvalue weighted by Gasteiger charge is 2.50. The molecular weight excluding hydrogens is 631 g/mol. The SMILES string of the molecule is CCCCCCCSC[C@H]1O[C@H](O[C@@H]2[C@@H](O)[C@H](O[C@H]3O[C@H](CN)[C@@H](O)C[C@H]3N)[C@@H](N)C[C@H]2N)[C@@H](N)[C@H](SCCCCCCC)[C@@H]1O. The molecule has 2 saturated heterocycles. The summed E-state index contributed by atoms with van der Waals surface area (Å²) >= 11 is 3.46. The minimum Gasteiger partial charge on any atom is -0.390 e. The van der Waals surface area contributed by atoms with Gasteiger partial charge in [0.2, 0.25) is 0 Å². The first-order chi connectivity index (χ1) is 22.1. The number of hydrogen-bond acceptors (Lipinski definition) is 14. The maximum Gasteiger partial charge on any atom is 0.174 e. The average Bonchev–Trinajstić information content (AvgIpc) is 3.02. The molecule has 12 nitrogen and oxygen atoms in total. The molecule has 0 aromatic rings. The van der Waals surface area contributed by atoms with Gasteiger partial charge >= 0.3 is 0 Å². The standard InChI is InChI=1S/C32H65N5O7S2/c1-3-5-7-9-11-13-45-18-24-26(39)30(46-14-12-10-8-6-4-2)25(37)32(42-24)44-29-20(35)15-19(34)28(27(29)40)43-31-21(36)16-22(38)23(17-33)41-31/h19-32,38-40H,3-18,33-37H2,1-2H3/t19-,20+,21+,22-,23+,24+,25-,26+,27-,28+,29-,30-,31+,32+/m0/s1. The van der Waals surface area contributed by atoms with Crippen LogP contribution in [0.15, 0.2) is 0 Å². The van der Waals surface area contributed by atoms with Gasteiger partial charge in [-0.2, -0.15) is 23.5 Å². The summed E-state index contributed by atoms with van der Waals surface area (Å²) < 4.78 is 24.8. The molecule has 14 atom stereocenters. The van der Waals surface area contributed by atoms with Crippen LogP contribution in [0.4, 0.5) is 0 Å². The summed E-state index contributed by atoms with van der Waals surface area (Å²) in [5, 5.41) is 32.9. The Morgan fingerprint density at radius 1 is 0.674 bits per heavy atom. The van der Waals surface area contributed by atoms with Crippen molar-refractivity contribution < 1.29 is 34.3 Å². The number of unbranched alkanes of at least 4 members (excludes halogenated alkanes) is 8. The van der Waals surface area contributed by atoms with Crippen LogP contribution >= 0.6 is 23.5 Å². The molecule has 3 fully saturated rings. The summed E-state index contributed by atoms with van der Waals surface area (Å²) in [7, 11) is 0. The third kappa shape index (κ3) is 11.9. The molecule has 14 heteroatoms. The number of hydrogen-bond donors (Lipinski definition) is 8. The Bertz CT molecular complexity index is 829. The summed E-state index contributed by atoms with van der Waals surface area (Å²) in [6, 6.07) is -2.48. The Labute approximate surface area is 285 Å². The van der Waals surface area contributed by atoms with Crippen LogP contribution in [0.3, 0.4) is 0 Å². The molecule has 2 heterocycles. The van der Waals surface area contributed by atoms with Crippen molar-refractivity contribution in [1.29, 1.82) is 0 Å². The number of ether oxygens (including phenoxy) is 4. The Morgan fingerprint density at radius 3 is 1.85 bits per heavy atom. The van der Waals surface area contributed by atoms with E-state index in [1.54, 1.807) is 23.5 Å². The van der Waals surface area contributed by atoms with Crippen LogP contribution in [0.2, 0.25) is 0 Å². The number of aliphatic hydroxyl groups is 3. The first-order valence-corrected chi connectivity index (χ1v) is 19.9. The molecule has 13 N–H and O–H groups in total. The lowest BCUT2D eigenvalue weighted by atomic mass is 9.84. The summed E-state index contributed by atoms with van der Waals surface area (Å²) in [6.07, 6.45) is 4.98. The topological polar surface area (TPSA) is 228 Å². The molecule has 1 aliphatic carbocycles. The summed E-state index contributed by atoms with van der Waals surface area (Å²) in [5.74, 6) is 2.51. The summed E-state index contributed by atoms with van der Waals surface area (Å²) in [5.41, 5.74) is 31.7. The third-order valence-corrected chi connectivity index (χ3v) is 12.1. The maximum absolute atomic E-state index is 11.5. The molecule has 46 heavy (non-hydrogen) atoms. The second-order valence-corrected chi connectivity index (χ2v) is 15.8. The second kappa shape index (κ2) is 21.4. The molecule has 0 amide bonds. The summed E-state index contributed by atoms with van der Waals surface area (Å²) in [6.45, 7) is 4.51. The van der Waals surface area contributed by atoms with Gasteiger partial charge in [-0.25, -0.2) is 0 Å². The largest absolute Gasteiger partial charge is 0.390 e. The van der Waals surface area contributed by atoms with Crippen molar-refractivity contribution in [2.24, 2.45) is 28.7 Å². The first-order valence-electron chi connectivity index (χ1n) is 17.7. The first kappa shape index (κ1) is 40.6. The minimum atomic E-state index is -1.22. The zero-order valence-electron chi connectivity index (χ0n) is 28.1. The van der Waals surface area contributed by atoms with Crippen molar-refractivity contribution in [3.8, 4) is 0 Å². The van der Waals surface area contributed by atoms with Crippen molar-refractivity contribution in [3.05, 3.63) is 0 Å². The van der Waals surface area contributed by atoms with Gasteiger partial charge in [-0.05, 0) is 37.2 Å². The van der Waals surface area contributed by atoms with Crippen LogP contribution in [0.1, 0.15) is 90.9 Å². The predicted molar refractivity (Wildman–Crippen MR) is 186 cm³/mol. The highest BCUT2D eigenvalue weighted by molar-refractivity contribution is 8.00. The van der Waals surface area contributed by atoms with Crippen molar-refractivity contribution >= 4 is 23.5 Å². The van der Waals surface area contributed by atoms with E-state index >= 15 is 0 Å². The normalized spacial score (nSPS) is 40.3. The van der Waals surface area contributed by atoms with Crippen molar-refractivity contribution in [1.82, 2.24) is 0 Å².